The maximum absolute atomic E-state index is 4.78. The summed E-state index contributed by atoms with van der Waals surface area (Å²) in [5.41, 5.74) is 0. The summed E-state index contributed by atoms with van der Waals surface area (Å²) in [7, 11) is 0. The number of H-pyrrole nitrogens is 1. The molecule has 21 heavy (non-hydrogen) atoms. The van der Waals surface area contributed by atoms with Crippen LogP contribution in [0, 0.1) is 17.8 Å². The van der Waals surface area contributed by atoms with Crippen molar-refractivity contribution in [3.63, 3.8) is 0 Å². The minimum atomic E-state index is 0.501. The standard InChI is InChI=1S/C16H27N5/c1-10-8-21(9-11(2)17-10)16-18-15(19-20-16)7-14-6-12-3-4-13(14)5-12/h10-14,17H,3-9H2,1-2H3,(H,18,19,20). The molecule has 1 aliphatic heterocycles. The van der Waals surface area contributed by atoms with Crippen molar-refractivity contribution < 1.29 is 0 Å². The van der Waals surface area contributed by atoms with E-state index in [2.05, 4.69) is 34.3 Å². The van der Waals surface area contributed by atoms with Crippen LogP contribution in [0.15, 0.2) is 0 Å². The van der Waals surface area contributed by atoms with Crippen molar-refractivity contribution in [1.82, 2.24) is 20.5 Å². The SMILES string of the molecule is CC1CN(c2n[nH]c(CC3CC4CCC3C4)n2)CC(C)N1. The Morgan fingerprint density at radius 1 is 1.14 bits per heavy atom. The van der Waals surface area contributed by atoms with Crippen LogP contribution < -0.4 is 10.2 Å². The maximum Gasteiger partial charge on any atom is 0.244 e. The van der Waals surface area contributed by atoms with Gasteiger partial charge < -0.3 is 10.2 Å². The van der Waals surface area contributed by atoms with Crippen LogP contribution in [0.5, 0.6) is 0 Å². The van der Waals surface area contributed by atoms with Gasteiger partial charge in [0.2, 0.25) is 5.95 Å². The first-order chi connectivity index (χ1) is 10.2. The fourth-order valence-corrected chi connectivity index (χ4v) is 4.88. The fourth-order valence-electron chi connectivity index (χ4n) is 4.88. The lowest BCUT2D eigenvalue weighted by atomic mass is 9.86. The Morgan fingerprint density at radius 2 is 1.95 bits per heavy atom. The summed E-state index contributed by atoms with van der Waals surface area (Å²) in [5, 5.41) is 11.2. The molecule has 1 aromatic heterocycles. The molecule has 2 bridgehead atoms. The number of aromatic amines is 1. The summed E-state index contributed by atoms with van der Waals surface area (Å²) in [6.07, 6.45) is 6.91. The molecular weight excluding hydrogens is 262 g/mol. The van der Waals surface area contributed by atoms with Gasteiger partial charge in [-0.1, -0.05) is 6.42 Å². The van der Waals surface area contributed by atoms with Crippen LogP contribution in [0.2, 0.25) is 0 Å². The highest BCUT2D eigenvalue weighted by molar-refractivity contribution is 5.30. The van der Waals surface area contributed by atoms with Crippen LogP contribution in [0.25, 0.3) is 0 Å². The molecule has 5 atom stereocenters. The molecule has 2 N–H and O–H groups in total. The molecule has 2 saturated carbocycles. The highest BCUT2D eigenvalue weighted by atomic mass is 15.4. The van der Waals surface area contributed by atoms with Crippen molar-refractivity contribution in [2.24, 2.45) is 17.8 Å². The normalized spacial score (nSPS) is 39.1. The number of anilines is 1. The van der Waals surface area contributed by atoms with Crippen LogP contribution in [-0.2, 0) is 6.42 Å². The number of aromatic nitrogens is 3. The molecule has 0 aromatic carbocycles. The van der Waals surface area contributed by atoms with E-state index >= 15 is 0 Å². The van der Waals surface area contributed by atoms with Crippen molar-refractivity contribution in [2.75, 3.05) is 18.0 Å². The second-order valence-electron chi connectivity index (χ2n) is 7.59. The van der Waals surface area contributed by atoms with Crippen molar-refractivity contribution in [3.05, 3.63) is 5.82 Å². The molecule has 3 fully saturated rings. The molecule has 0 amide bonds. The topological polar surface area (TPSA) is 56.8 Å². The highest BCUT2D eigenvalue weighted by Gasteiger charge is 2.39. The van der Waals surface area contributed by atoms with E-state index in [4.69, 9.17) is 4.98 Å². The molecule has 116 valence electrons. The lowest BCUT2D eigenvalue weighted by Gasteiger charge is -2.35. The molecule has 3 aliphatic rings. The van der Waals surface area contributed by atoms with E-state index in [0.717, 1.165) is 49.0 Å². The van der Waals surface area contributed by atoms with Crippen molar-refractivity contribution >= 4 is 5.95 Å². The van der Waals surface area contributed by atoms with Crippen LogP contribution in [0.1, 0.15) is 45.4 Å². The van der Waals surface area contributed by atoms with Gasteiger partial charge in [-0.25, -0.2) is 0 Å². The molecule has 1 aromatic rings. The summed E-state index contributed by atoms with van der Waals surface area (Å²) < 4.78 is 0. The molecular formula is C16H27N5. The lowest BCUT2D eigenvalue weighted by molar-refractivity contribution is 0.327. The zero-order chi connectivity index (χ0) is 14.4. The number of hydrogen-bond donors (Lipinski definition) is 2. The predicted molar refractivity (Wildman–Crippen MR) is 83.3 cm³/mol. The van der Waals surface area contributed by atoms with Crippen LogP contribution in [0.4, 0.5) is 5.95 Å². The molecule has 2 aliphatic carbocycles. The fraction of sp³-hybridized carbons (Fsp3) is 0.875. The summed E-state index contributed by atoms with van der Waals surface area (Å²) in [6.45, 7) is 6.45. The number of piperazine rings is 1. The van der Waals surface area contributed by atoms with Gasteiger partial charge in [-0.05, 0) is 50.9 Å². The Bertz CT molecular complexity index is 489. The Kier molecular flexibility index (Phi) is 3.40. The second kappa shape index (κ2) is 5.27. The minimum absolute atomic E-state index is 0.501. The third-order valence-electron chi connectivity index (χ3n) is 5.70. The molecule has 1 saturated heterocycles. The summed E-state index contributed by atoms with van der Waals surface area (Å²) >= 11 is 0. The zero-order valence-electron chi connectivity index (χ0n) is 13.2. The summed E-state index contributed by atoms with van der Waals surface area (Å²) in [5.74, 6) is 4.82. The Labute approximate surface area is 126 Å². The van der Waals surface area contributed by atoms with Crippen LogP contribution in [-0.4, -0.2) is 40.4 Å². The van der Waals surface area contributed by atoms with Gasteiger partial charge in [0, 0.05) is 31.6 Å². The average Bonchev–Trinajstić information content (AvgIpc) is 3.13. The number of hydrogen-bond acceptors (Lipinski definition) is 4. The molecule has 5 unspecified atom stereocenters. The zero-order valence-corrected chi connectivity index (χ0v) is 13.2. The first-order valence-electron chi connectivity index (χ1n) is 8.59. The largest absolute Gasteiger partial charge is 0.336 e. The molecule has 0 radical (unpaired) electrons. The third-order valence-corrected chi connectivity index (χ3v) is 5.70. The van der Waals surface area contributed by atoms with Crippen LogP contribution in [0.3, 0.4) is 0 Å². The lowest BCUT2D eigenvalue weighted by Crippen LogP contribution is -2.54. The summed E-state index contributed by atoms with van der Waals surface area (Å²) in [6, 6.07) is 1.00. The van der Waals surface area contributed by atoms with Gasteiger partial charge in [-0.2, -0.15) is 4.98 Å². The number of fused-ring (bicyclic) bond motifs is 2. The summed E-state index contributed by atoms with van der Waals surface area (Å²) in [4.78, 5) is 7.09. The second-order valence-corrected chi connectivity index (χ2v) is 7.59. The van der Waals surface area contributed by atoms with Crippen molar-refractivity contribution in [1.29, 1.82) is 0 Å². The minimum Gasteiger partial charge on any atom is -0.336 e. The van der Waals surface area contributed by atoms with E-state index < -0.39 is 0 Å². The molecule has 4 rings (SSSR count). The van der Waals surface area contributed by atoms with Crippen molar-refractivity contribution in [2.45, 2.75) is 58.0 Å². The van der Waals surface area contributed by atoms with Gasteiger partial charge in [0.25, 0.3) is 0 Å². The Hall–Kier alpha value is -1.10. The monoisotopic (exact) mass is 289 g/mol. The average molecular weight is 289 g/mol. The van der Waals surface area contributed by atoms with Gasteiger partial charge >= 0.3 is 0 Å². The van der Waals surface area contributed by atoms with Gasteiger partial charge in [-0.15, -0.1) is 5.10 Å². The van der Waals surface area contributed by atoms with E-state index in [0.29, 0.717) is 12.1 Å². The first kappa shape index (κ1) is 13.6. The number of nitrogens with one attached hydrogen (secondary N) is 2. The van der Waals surface area contributed by atoms with Crippen LogP contribution >= 0.6 is 0 Å². The molecule has 5 nitrogen and oxygen atoms in total. The predicted octanol–water partition coefficient (Wildman–Crippen LogP) is 1.97. The third kappa shape index (κ3) is 2.68. The number of rotatable bonds is 3. The Balaban J connectivity index is 1.41. The van der Waals surface area contributed by atoms with E-state index in [1.807, 2.05) is 0 Å². The van der Waals surface area contributed by atoms with E-state index in [-0.39, 0.29) is 0 Å². The Morgan fingerprint density at radius 3 is 2.62 bits per heavy atom. The van der Waals surface area contributed by atoms with E-state index in [1.165, 1.54) is 25.7 Å². The van der Waals surface area contributed by atoms with Crippen molar-refractivity contribution in [3.8, 4) is 0 Å². The van der Waals surface area contributed by atoms with E-state index in [1.54, 1.807) is 0 Å². The van der Waals surface area contributed by atoms with Gasteiger partial charge in [0.05, 0.1) is 0 Å². The first-order valence-corrected chi connectivity index (χ1v) is 8.59. The van der Waals surface area contributed by atoms with E-state index in [9.17, 15) is 0 Å². The highest BCUT2D eigenvalue weighted by Crippen LogP contribution is 2.49. The smallest absolute Gasteiger partial charge is 0.244 e. The van der Waals surface area contributed by atoms with Gasteiger partial charge in [0.15, 0.2) is 0 Å². The maximum atomic E-state index is 4.78. The van der Waals surface area contributed by atoms with Gasteiger partial charge in [-0.3, -0.25) is 5.10 Å². The molecule has 0 spiro atoms. The quantitative estimate of drug-likeness (QED) is 0.893. The molecule has 5 heteroatoms. The van der Waals surface area contributed by atoms with Gasteiger partial charge in [0.1, 0.15) is 5.82 Å². The number of nitrogens with zero attached hydrogens (tertiary/aromatic N) is 3. The molecule has 2 heterocycles.